The zero-order valence-electron chi connectivity index (χ0n) is 36.0. The van der Waals surface area contributed by atoms with Crippen LogP contribution in [-0.4, -0.2) is 99.4 Å². The molecule has 2 aromatic carbocycles. The summed E-state index contributed by atoms with van der Waals surface area (Å²) in [4.78, 5) is 19.3. The summed E-state index contributed by atoms with van der Waals surface area (Å²) in [7, 11) is -0.530. The fourth-order valence-corrected chi connectivity index (χ4v) is 16.5. The molecule has 0 unspecified atom stereocenters. The van der Waals surface area contributed by atoms with E-state index >= 15 is 8.78 Å². The van der Waals surface area contributed by atoms with Crippen LogP contribution in [0.4, 0.5) is 19.0 Å². The van der Waals surface area contributed by atoms with Crippen molar-refractivity contribution in [1.29, 1.82) is 0 Å². The first-order valence-corrected chi connectivity index (χ1v) is 23.8. The predicted octanol–water partition coefficient (Wildman–Crippen LogP) is 9.12. The van der Waals surface area contributed by atoms with E-state index in [0.29, 0.717) is 75.9 Å². The first-order chi connectivity index (χ1) is 28.7. The molecule has 0 amide bonds. The lowest BCUT2D eigenvalue weighted by Gasteiger charge is -2.38. The maximum absolute atomic E-state index is 18.0. The third-order valence-corrected chi connectivity index (χ3v) is 20.3. The number of benzene rings is 2. The van der Waals surface area contributed by atoms with Gasteiger partial charge in [-0.15, -0.1) is 18.0 Å². The van der Waals surface area contributed by atoms with Gasteiger partial charge in [-0.25, -0.2) is 18.2 Å². The molecule has 3 aromatic heterocycles. The monoisotopic (exact) mass is 872 g/mol. The first kappa shape index (κ1) is 43.2. The Morgan fingerprint density at radius 1 is 0.967 bits per heavy atom. The van der Waals surface area contributed by atoms with Crippen LogP contribution >= 0.6 is 12.4 Å². The Balaban J connectivity index is 0.00000514. The van der Waals surface area contributed by atoms with E-state index in [1.54, 1.807) is 30.1 Å². The van der Waals surface area contributed by atoms with Gasteiger partial charge in [0.1, 0.15) is 49.4 Å². The highest BCUT2D eigenvalue weighted by Crippen LogP contribution is 2.45. The number of ether oxygens (including phenoxy) is 1. The van der Waals surface area contributed by atoms with Gasteiger partial charge in [0.05, 0.1) is 28.4 Å². The average molecular weight is 874 g/mol. The van der Waals surface area contributed by atoms with Gasteiger partial charge in [0.2, 0.25) is 0 Å². The summed E-state index contributed by atoms with van der Waals surface area (Å²) in [6, 6.07) is 6.39. The van der Waals surface area contributed by atoms with Gasteiger partial charge < -0.3 is 20.1 Å². The number of aromatic hydroxyl groups is 1. The Bertz CT molecular complexity index is 2530. The summed E-state index contributed by atoms with van der Waals surface area (Å²) in [5, 5.41) is 20.6. The van der Waals surface area contributed by atoms with Crippen molar-refractivity contribution in [3.05, 3.63) is 53.9 Å². The maximum Gasteiger partial charge on any atom is 0.319 e. The molecule has 2 N–H and O–H groups in total. The number of nitrogens with zero attached hydrogens (tertiary/aromatic N) is 7. The van der Waals surface area contributed by atoms with Crippen molar-refractivity contribution in [2.75, 3.05) is 37.7 Å². The topological polar surface area (TPSA) is 104 Å². The number of anilines is 1. The van der Waals surface area contributed by atoms with Crippen LogP contribution in [0.3, 0.4) is 0 Å². The highest BCUT2D eigenvalue weighted by molar-refractivity contribution is 6.90. The standard InChI is InChI=1S/C46H55F3N8O2Si.ClH/c1-26(2)60(27(3)4,28(5)6)16-13-35-37(48)12-9-29-17-34(58)18-36(38(29)35)42-40(49)43-39(41(52-42)30-20-50-55(7)21-30)44(56-23-32-10-11-33(24-56)51-32)54-45(53-43)59-25-46-14-8-15-57(46)22-31(47)19-46;/h9,12,17-18,20-21,26-28,31-33,51,58H,8,10-11,14-15,19,22-25H2,1-7H3;1H/t31-,32-,33+,46+;/m1./s1. The second-order valence-electron chi connectivity index (χ2n) is 18.6. The second-order valence-corrected chi connectivity index (χ2v) is 24.2. The first-order valence-electron chi connectivity index (χ1n) is 21.6. The number of nitrogens with one attached hydrogen (secondary N) is 1. The maximum atomic E-state index is 18.0. The highest BCUT2D eigenvalue weighted by Gasteiger charge is 2.49. The van der Waals surface area contributed by atoms with Crippen molar-refractivity contribution >= 4 is 48.0 Å². The molecule has 0 aliphatic carbocycles. The fraction of sp³-hybridized carbons (Fsp3) is 0.522. The van der Waals surface area contributed by atoms with E-state index in [0.717, 1.165) is 32.2 Å². The van der Waals surface area contributed by atoms with Gasteiger partial charge in [0.15, 0.2) is 5.82 Å². The summed E-state index contributed by atoms with van der Waals surface area (Å²) in [5.74, 6) is 2.39. The normalized spacial score (nSPS) is 22.7. The van der Waals surface area contributed by atoms with Gasteiger partial charge in [0.25, 0.3) is 0 Å². The van der Waals surface area contributed by atoms with Gasteiger partial charge in [-0.3, -0.25) is 9.58 Å². The van der Waals surface area contributed by atoms with Crippen LogP contribution in [0.1, 0.15) is 79.2 Å². The average Bonchev–Trinajstić information content (AvgIpc) is 3.97. The number of aromatic nitrogens is 5. The third-order valence-electron chi connectivity index (χ3n) is 14.0. The lowest BCUT2D eigenvalue weighted by Crippen LogP contribution is -2.51. The number of hydrogen-bond donors (Lipinski definition) is 2. The number of halogens is 4. The Hall–Kier alpha value is -4.42. The van der Waals surface area contributed by atoms with E-state index in [9.17, 15) is 9.50 Å². The molecule has 15 heteroatoms. The van der Waals surface area contributed by atoms with Gasteiger partial charge in [-0.2, -0.15) is 15.1 Å². The quantitative estimate of drug-likeness (QED) is 0.111. The van der Waals surface area contributed by atoms with Crippen molar-refractivity contribution in [1.82, 2.24) is 34.9 Å². The van der Waals surface area contributed by atoms with E-state index in [2.05, 4.69) is 73.2 Å². The molecule has 4 aliphatic heterocycles. The number of phenols is 1. The zero-order chi connectivity index (χ0) is 42.2. The van der Waals surface area contributed by atoms with Crippen LogP contribution in [0, 0.1) is 23.1 Å². The number of pyridine rings is 1. The van der Waals surface area contributed by atoms with E-state index in [4.69, 9.17) is 19.7 Å². The van der Waals surface area contributed by atoms with Crippen LogP contribution in [0.2, 0.25) is 16.6 Å². The fourth-order valence-electron chi connectivity index (χ4n) is 11.3. The Kier molecular flexibility index (Phi) is 11.6. The van der Waals surface area contributed by atoms with Gasteiger partial charge in [0, 0.05) is 67.9 Å². The number of alkyl halides is 1. The number of rotatable bonds is 9. The predicted molar refractivity (Wildman–Crippen MR) is 240 cm³/mol. The third kappa shape index (κ3) is 7.43. The number of piperazine rings is 1. The summed E-state index contributed by atoms with van der Waals surface area (Å²) < 4.78 is 57.3. The number of aryl methyl sites for hydroxylation is 1. The molecule has 61 heavy (non-hydrogen) atoms. The number of fused-ring (bicyclic) bond motifs is 5. The molecule has 4 atom stereocenters. The van der Waals surface area contributed by atoms with Crippen molar-refractivity contribution < 1.29 is 23.0 Å². The van der Waals surface area contributed by atoms with E-state index in [1.165, 1.54) is 12.1 Å². The van der Waals surface area contributed by atoms with Crippen LogP contribution in [0.25, 0.3) is 44.2 Å². The molecule has 10 nitrogen and oxygen atoms in total. The van der Waals surface area contributed by atoms with E-state index < -0.39 is 31.4 Å². The lowest BCUT2D eigenvalue weighted by molar-refractivity contribution is 0.107. The molecule has 2 bridgehead atoms. The minimum absolute atomic E-state index is 0. The second kappa shape index (κ2) is 16.4. The molecular formula is C46H56ClF3N8O2Si. The van der Waals surface area contributed by atoms with Crippen molar-refractivity contribution in [2.45, 2.75) is 114 Å². The Morgan fingerprint density at radius 2 is 1.69 bits per heavy atom. The van der Waals surface area contributed by atoms with Crippen molar-refractivity contribution in [3.63, 3.8) is 0 Å². The summed E-state index contributed by atoms with van der Waals surface area (Å²) >= 11 is 0. The highest BCUT2D eigenvalue weighted by atomic mass is 35.5. The van der Waals surface area contributed by atoms with Crippen molar-refractivity contribution in [2.24, 2.45) is 7.05 Å². The van der Waals surface area contributed by atoms with Crippen LogP contribution in [0.5, 0.6) is 11.8 Å². The van der Waals surface area contributed by atoms with Crippen LogP contribution in [-0.2, 0) is 7.05 Å². The van der Waals surface area contributed by atoms with Crippen LogP contribution < -0.4 is 15.0 Å². The molecular weight excluding hydrogens is 817 g/mol. The molecule has 0 spiro atoms. The molecule has 4 aliphatic rings. The number of hydrogen-bond acceptors (Lipinski definition) is 9. The van der Waals surface area contributed by atoms with Gasteiger partial charge >= 0.3 is 6.01 Å². The minimum atomic E-state index is -2.33. The summed E-state index contributed by atoms with van der Waals surface area (Å²) in [5.41, 5.74) is 5.27. The van der Waals surface area contributed by atoms with E-state index in [1.807, 2.05) is 6.20 Å². The molecule has 0 saturated carbocycles. The lowest BCUT2D eigenvalue weighted by atomic mass is 9.95. The molecule has 0 radical (unpaired) electrons. The van der Waals surface area contributed by atoms with Gasteiger partial charge in [-0.05, 0) is 72.4 Å². The molecule has 9 rings (SSSR count). The smallest absolute Gasteiger partial charge is 0.319 e. The minimum Gasteiger partial charge on any atom is -0.508 e. The van der Waals surface area contributed by atoms with E-state index in [-0.39, 0.29) is 65.2 Å². The SMILES string of the molecule is CC(C)[Si](C#Cc1c(F)ccc2cc(O)cc(-c3nc(-c4cnn(C)c4)c4c(N5C[C@H]6CC[C@@H](C5)N6)nc(OC[C@@]56CCCN5C[C@H](F)C6)nc4c3F)c12)(C(C)C)C(C)C.Cl. The zero-order valence-corrected chi connectivity index (χ0v) is 37.8. The van der Waals surface area contributed by atoms with Crippen LogP contribution in [0.15, 0.2) is 36.7 Å². The van der Waals surface area contributed by atoms with Crippen molar-refractivity contribution in [3.8, 4) is 45.7 Å². The molecule has 324 valence electrons. The summed E-state index contributed by atoms with van der Waals surface area (Å²) in [6.45, 7) is 15.8. The largest absolute Gasteiger partial charge is 0.508 e. The number of phenolic OH excluding ortho intramolecular Hbond substituents is 1. The summed E-state index contributed by atoms with van der Waals surface area (Å²) in [6.07, 6.45) is 6.68. The Labute approximate surface area is 363 Å². The molecule has 7 heterocycles. The molecule has 4 saturated heterocycles. The molecule has 5 aromatic rings. The van der Waals surface area contributed by atoms with Gasteiger partial charge in [-0.1, -0.05) is 53.5 Å². The Morgan fingerprint density at radius 3 is 2.36 bits per heavy atom. The molecule has 4 fully saturated rings.